The minimum absolute atomic E-state index is 0.180. The van der Waals surface area contributed by atoms with E-state index in [9.17, 15) is 4.79 Å². The Morgan fingerprint density at radius 1 is 1.10 bits per heavy atom. The largest absolute Gasteiger partial charge is 0.342 e. The summed E-state index contributed by atoms with van der Waals surface area (Å²) < 4.78 is 0. The SMILES string of the molecule is Cc1ccnc(Nc2cc([C@@H]3CCCN(C(=O)Cc4ccccc4)C3)nc(C)n2)c1. The van der Waals surface area contributed by atoms with Gasteiger partial charge in [-0.05, 0) is 49.9 Å². The van der Waals surface area contributed by atoms with Crippen LogP contribution in [0.3, 0.4) is 0 Å². The second-order valence-corrected chi connectivity index (χ2v) is 7.91. The summed E-state index contributed by atoms with van der Waals surface area (Å²) >= 11 is 0. The highest BCUT2D eigenvalue weighted by Gasteiger charge is 2.26. The van der Waals surface area contributed by atoms with Crippen molar-refractivity contribution in [3.63, 3.8) is 0 Å². The van der Waals surface area contributed by atoms with Gasteiger partial charge in [0, 0.05) is 31.3 Å². The van der Waals surface area contributed by atoms with Crippen molar-refractivity contribution in [2.75, 3.05) is 18.4 Å². The molecule has 0 radical (unpaired) electrons. The van der Waals surface area contributed by atoms with E-state index >= 15 is 0 Å². The Morgan fingerprint density at radius 2 is 1.93 bits per heavy atom. The average Bonchev–Trinajstić information content (AvgIpc) is 2.74. The summed E-state index contributed by atoms with van der Waals surface area (Å²) in [6, 6.07) is 15.9. The Kier molecular flexibility index (Phi) is 6.02. The van der Waals surface area contributed by atoms with E-state index in [2.05, 4.69) is 20.3 Å². The number of hydrogen-bond donors (Lipinski definition) is 1. The molecule has 0 spiro atoms. The summed E-state index contributed by atoms with van der Waals surface area (Å²) in [7, 11) is 0. The highest BCUT2D eigenvalue weighted by molar-refractivity contribution is 5.79. The highest BCUT2D eigenvalue weighted by atomic mass is 16.2. The Hall–Kier alpha value is -3.28. The van der Waals surface area contributed by atoms with Gasteiger partial charge in [0.15, 0.2) is 0 Å². The first-order valence-electron chi connectivity index (χ1n) is 10.4. The molecule has 154 valence electrons. The molecular formula is C24H27N5O. The smallest absolute Gasteiger partial charge is 0.227 e. The summed E-state index contributed by atoms with van der Waals surface area (Å²) in [5, 5.41) is 3.29. The van der Waals surface area contributed by atoms with Gasteiger partial charge < -0.3 is 10.2 Å². The number of piperidine rings is 1. The van der Waals surface area contributed by atoms with E-state index in [1.807, 2.05) is 67.3 Å². The van der Waals surface area contributed by atoms with E-state index in [0.29, 0.717) is 13.0 Å². The summed E-state index contributed by atoms with van der Waals surface area (Å²) in [5.41, 5.74) is 3.17. The van der Waals surface area contributed by atoms with Gasteiger partial charge in [-0.25, -0.2) is 15.0 Å². The first kappa shape index (κ1) is 20.0. The molecular weight excluding hydrogens is 374 g/mol. The highest BCUT2D eigenvalue weighted by Crippen LogP contribution is 2.28. The lowest BCUT2D eigenvalue weighted by atomic mass is 9.94. The van der Waals surface area contributed by atoms with Crippen LogP contribution in [0.5, 0.6) is 0 Å². The molecule has 2 aromatic heterocycles. The molecule has 30 heavy (non-hydrogen) atoms. The predicted octanol–water partition coefficient (Wildman–Crippen LogP) is 4.18. The maximum Gasteiger partial charge on any atom is 0.227 e. The molecule has 0 bridgehead atoms. The van der Waals surface area contributed by atoms with Gasteiger partial charge in [-0.2, -0.15) is 0 Å². The van der Waals surface area contributed by atoms with Crippen LogP contribution >= 0.6 is 0 Å². The lowest BCUT2D eigenvalue weighted by Crippen LogP contribution is -2.40. The van der Waals surface area contributed by atoms with Crippen molar-refractivity contribution < 1.29 is 4.79 Å². The Morgan fingerprint density at radius 3 is 2.73 bits per heavy atom. The quantitative estimate of drug-likeness (QED) is 0.694. The van der Waals surface area contributed by atoms with Crippen LogP contribution in [0, 0.1) is 13.8 Å². The van der Waals surface area contributed by atoms with Crippen LogP contribution in [-0.2, 0) is 11.2 Å². The van der Waals surface area contributed by atoms with Gasteiger partial charge in [-0.3, -0.25) is 4.79 Å². The Bertz CT molecular complexity index is 1020. The summed E-state index contributed by atoms with van der Waals surface area (Å²) in [4.78, 5) is 28.4. The fourth-order valence-corrected chi connectivity index (χ4v) is 3.93. The number of pyridine rings is 1. The number of benzene rings is 1. The zero-order chi connectivity index (χ0) is 20.9. The number of hydrogen-bond acceptors (Lipinski definition) is 5. The van der Waals surface area contributed by atoms with E-state index in [1.54, 1.807) is 6.20 Å². The fourth-order valence-electron chi connectivity index (χ4n) is 3.93. The summed E-state index contributed by atoms with van der Waals surface area (Å²) in [6.07, 6.45) is 4.23. The molecule has 1 aliphatic heterocycles. The Labute approximate surface area is 177 Å². The van der Waals surface area contributed by atoms with Crippen LogP contribution in [0.25, 0.3) is 0 Å². The normalized spacial score (nSPS) is 16.3. The summed E-state index contributed by atoms with van der Waals surface area (Å²) in [5.74, 6) is 2.62. The number of aryl methyl sites for hydroxylation is 2. The maximum absolute atomic E-state index is 12.8. The zero-order valence-electron chi connectivity index (χ0n) is 17.5. The average molecular weight is 402 g/mol. The molecule has 1 atom stereocenters. The Balaban J connectivity index is 1.47. The molecule has 1 aromatic carbocycles. The van der Waals surface area contributed by atoms with E-state index < -0.39 is 0 Å². The van der Waals surface area contributed by atoms with Crippen molar-refractivity contribution in [2.24, 2.45) is 0 Å². The predicted molar refractivity (Wildman–Crippen MR) is 118 cm³/mol. The van der Waals surface area contributed by atoms with Crippen molar-refractivity contribution in [1.29, 1.82) is 0 Å². The fraction of sp³-hybridized carbons (Fsp3) is 0.333. The van der Waals surface area contributed by atoms with Gasteiger partial charge in [0.25, 0.3) is 0 Å². The third kappa shape index (κ3) is 5.00. The lowest BCUT2D eigenvalue weighted by Gasteiger charge is -2.33. The van der Waals surface area contributed by atoms with Gasteiger partial charge in [0.2, 0.25) is 5.91 Å². The zero-order valence-corrected chi connectivity index (χ0v) is 17.5. The van der Waals surface area contributed by atoms with Crippen molar-refractivity contribution in [3.05, 3.63) is 77.4 Å². The van der Waals surface area contributed by atoms with Crippen LogP contribution in [0.4, 0.5) is 11.6 Å². The van der Waals surface area contributed by atoms with E-state index in [4.69, 9.17) is 0 Å². The van der Waals surface area contributed by atoms with Crippen molar-refractivity contribution >= 4 is 17.5 Å². The number of aromatic nitrogens is 3. The van der Waals surface area contributed by atoms with Crippen LogP contribution in [0.2, 0.25) is 0 Å². The molecule has 3 aromatic rings. The van der Waals surface area contributed by atoms with Crippen LogP contribution < -0.4 is 5.32 Å². The van der Waals surface area contributed by atoms with Gasteiger partial charge in [0.05, 0.1) is 12.1 Å². The molecule has 4 rings (SSSR count). The molecule has 3 heterocycles. The molecule has 0 unspecified atom stereocenters. The van der Waals surface area contributed by atoms with E-state index in [-0.39, 0.29) is 11.8 Å². The van der Waals surface area contributed by atoms with Crippen molar-refractivity contribution in [1.82, 2.24) is 19.9 Å². The number of anilines is 2. The second kappa shape index (κ2) is 9.03. The minimum atomic E-state index is 0.180. The number of carbonyl (C=O) groups is 1. The molecule has 1 fully saturated rings. The van der Waals surface area contributed by atoms with Gasteiger partial charge >= 0.3 is 0 Å². The molecule has 6 nitrogen and oxygen atoms in total. The number of carbonyl (C=O) groups excluding carboxylic acids is 1. The van der Waals surface area contributed by atoms with Gasteiger partial charge in [-0.1, -0.05) is 30.3 Å². The molecule has 1 aliphatic rings. The first-order chi connectivity index (χ1) is 14.6. The molecule has 0 saturated carbocycles. The molecule has 1 N–H and O–H groups in total. The van der Waals surface area contributed by atoms with Crippen molar-refractivity contribution in [3.8, 4) is 0 Å². The van der Waals surface area contributed by atoms with Crippen LogP contribution in [0.15, 0.2) is 54.7 Å². The van der Waals surface area contributed by atoms with E-state index in [0.717, 1.165) is 53.7 Å². The second-order valence-electron chi connectivity index (χ2n) is 7.91. The van der Waals surface area contributed by atoms with Gasteiger partial charge in [0.1, 0.15) is 17.5 Å². The third-order valence-electron chi connectivity index (χ3n) is 5.42. The topological polar surface area (TPSA) is 71.0 Å². The number of amides is 1. The maximum atomic E-state index is 12.8. The molecule has 1 amide bonds. The molecule has 0 aliphatic carbocycles. The number of nitrogens with zero attached hydrogens (tertiary/aromatic N) is 4. The monoisotopic (exact) mass is 401 g/mol. The van der Waals surface area contributed by atoms with Gasteiger partial charge in [-0.15, -0.1) is 0 Å². The third-order valence-corrected chi connectivity index (χ3v) is 5.42. The number of likely N-dealkylation sites (tertiary alicyclic amines) is 1. The lowest BCUT2D eigenvalue weighted by molar-refractivity contribution is -0.131. The van der Waals surface area contributed by atoms with Crippen LogP contribution in [0.1, 0.15) is 41.4 Å². The minimum Gasteiger partial charge on any atom is -0.342 e. The summed E-state index contributed by atoms with van der Waals surface area (Å²) in [6.45, 7) is 5.45. The first-order valence-corrected chi connectivity index (χ1v) is 10.4. The molecule has 1 saturated heterocycles. The molecule has 6 heteroatoms. The van der Waals surface area contributed by atoms with Crippen LogP contribution in [-0.4, -0.2) is 38.8 Å². The number of nitrogens with one attached hydrogen (secondary N) is 1. The standard InChI is InChI=1S/C24H27N5O/c1-17-10-11-25-22(13-17)28-23-15-21(26-18(2)27-23)20-9-6-12-29(16-20)24(30)14-19-7-4-3-5-8-19/h3-5,7-8,10-11,13,15,20H,6,9,12,14,16H2,1-2H3,(H,25,26,27,28)/t20-/m1/s1. The van der Waals surface area contributed by atoms with E-state index in [1.165, 1.54) is 0 Å². The number of rotatable bonds is 5. The van der Waals surface area contributed by atoms with Crippen molar-refractivity contribution in [2.45, 2.75) is 39.0 Å².